The zero-order chi connectivity index (χ0) is 17.3. The quantitative estimate of drug-likeness (QED) is 0.319. The van der Waals surface area contributed by atoms with Gasteiger partial charge in [0, 0.05) is 13.2 Å². The van der Waals surface area contributed by atoms with E-state index in [9.17, 15) is 0 Å². The molecule has 5 heteroatoms. The van der Waals surface area contributed by atoms with Crippen LogP contribution in [0.15, 0.2) is 30.3 Å². The molecule has 139 valence electrons. The van der Waals surface area contributed by atoms with Crippen molar-refractivity contribution < 1.29 is 22.1 Å². The van der Waals surface area contributed by atoms with Crippen LogP contribution in [0, 0.1) is 5.92 Å². The average molecular weight is 398 g/mol. The summed E-state index contributed by atoms with van der Waals surface area (Å²) < 4.78 is 4.94. The molecule has 2 aliphatic rings. The Bertz CT molecular complexity index is 447. The number of hydrogen-bond acceptors (Lipinski definition) is 1. The second-order valence-electron chi connectivity index (χ2n) is 7.36. The first-order valence-electron chi connectivity index (χ1n) is 9.41. The van der Waals surface area contributed by atoms with Gasteiger partial charge in [0.15, 0.2) is 0 Å². The molecule has 1 radical (unpaired) electrons. The van der Waals surface area contributed by atoms with E-state index in [1.54, 1.807) is 5.92 Å². The third-order valence-corrected chi connectivity index (χ3v) is 8.53. The van der Waals surface area contributed by atoms with Gasteiger partial charge in [0.25, 0.3) is 0 Å². The van der Waals surface area contributed by atoms with Crippen molar-refractivity contribution in [3.63, 3.8) is 0 Å². The zero-order valence-electron chi connectivity index (χ0n) is 16.0. The molecule has 3 nitrogen and oxygen atoms in total. The Balaban J connectivity index is 0.000000448. The molecule has 1 unspecified atom stereocenters. The van der Waals surface area contributed by atoms with Crippen molar-refractivity contribution in [2.45, 2.75) is 57.7 Å². The third kappa shape index (κ3) is 8.28. The van der Waals surface area contributed by atoms with Gasteiger partial charge in [0.2, 0.25) is 0 Å². The summed E-state index contributed by atoms with van der Waals surface area (Å²) >= 11 is 0. The normalized spacial score (nSPS) is 20.5. The number of benzene rings is 1. The molecule has 1 saturated carbocycles. The van der Waals surface area contributed by atoms with Crippen molar-refractivity contribution in [1.29, 1.82) is 0 Å². The van der Waals surface area contributed by atoms with Gasteiger partial charge in [-0.15, -0.1) is 5.69 Å². The fourth-order valence-corrected chi connectivity index (χ4v) is 6.79. The minimum atomic E-state index is -1.44. The molecule has 3 rings (SSSR count). The van der Waals surface area contributed by atoms with Crippen LogP contribution in [-0.4, -0.2) is 34.5 Å². The van der Waals surface area contributed by atoms with Crippen LogP contribution in [-0.2, 0) is 22.1 Å². The van der Waals surface area contributed by atoms with Crippen molar-refractivity contribution in [3.8, 4) is 0 Å². The molecule has 1 aromatic rings. The van der Waals surface area contributed by atoms with Gasteiger partial charge in [-0.25, -0.2) is 0 Å². The maximum atomic E-state index is 5.03. The van der Waals surface area contributed by atoms with E-state index in [-0.39, 0.29) is 17.4 Å². The minimum Gasteiger partial charge on any atom is -0.686 e. The number of ether oxygens (including phenoxy) is 1. The topological polar surface area (TPSA) is 37.4 Å². The van der Waals surface area contributed by atoms with Crippen LogP contribution in [0.1, 0.15) is 39.0 Å². The van der Waals surface area contributed by atoms with Crippen molar-refractivity contribution in [2.75, 3.05) is 26.3 Å². The number of nitrogens with zero attached hydrogens (tertiary/aromatic N) is 2. The first-order valence-corrected chi connectivity index (χ1v) is 12.4. The van der Waals surface area contributed by atoms with Crippen LogP contribution in [0.4, 0.5) is 5.69 Å². The first kappa shape index (κ1) is 22.7. The second kappa shape index (κ2) is 12.1. The fourth-order valence-electron chi connectivity index (χ4n) is 3.63. The van der Waals surface area contributed by atoms with E-state index < -0.39 is 8.24 Å². The van der Waals surface area contributed by atoms with Crippen molar-refractivity contribution in [2.24, 2.45) is 0 Å². The molecule has 1 atom stereocenters. The molecule has 0 bridgehead atoms. The van der Waals surface area contributed by atoms with Gasteiger partial charge in [-0.05, 0) is 12.8 Å². The maximum Gasteiger partial charge on any atom is 3.00 e. The maximum absolute atomic E-state index is 5.03. The van der Waals surface area contributed by atoms with Gasteiger partial charge >= 0.3 is 17.4 Å². The molecule has 0 aromatic heterocycles. The molecular formula is C20H33CrN2OSi. The summed E-state index contributed by atoms with van der Waals surface area (Å²) in [5.74, 6) is 1.69. The van der Waals surface area contributed by atoms with E-state index in [1.165, 1.54) is 32.1 Å². The molecule has 0 N–H and O–H groups in total. The third-order valence-electron chi connectivity index (χ3n) is 5.01. The molecule has 0 amide bonds. The van der Waals surface area contributed by atoms with E-state index in [0.29, 0.717) is 0 Å². The first-order chi connectivity index (χ1) is 11.6. The summed E-state index contributed by atoms with van der Waals surface area (Å²) in [6.07, 6.45) is 6.62. The molecular weight excluding hydrogens is 364 g/mol. The average Bonchev–Trinajstić information content (AvgIpc) is 3.27. The molecule has 1 saturated heterocycles. The summed E-state index contributed by atoms with van der Waals surface area (Å²) in [4.78, 5) is 5.03. The van der Waals surface area contributed by atoms with Crippen molar-refractivity contribution in [3.05, 3.63) is 46.5 Å². The molecule has 25 heavy (non-hydrogen) atoms. The smallest absolute Gasteiger partial charge is 0.686 e. The Morgan fingerprint density at radius 2 is 1.76 bits per heavy atom. The van der Waals surface area contributed by atoms with Crippen molar-refractivity contribution >= 4 is 13.9 Å². The molecule has 1 aliphatic heterocycles. The SMILES string of the molecule is C1CCOC1.C[C-]1CCCC1[Si](C)(C)[N-]CC[N-]c1ccccc1.[Cr+3]. The number of para-hydroxylation sites is 1. The predicted molar refractivity (Wildman–Crippen MR) is 107 cm³/mol. The Hall–Kier alpha value is -0.311. The summed E-state index contributed by atoms with van der Waals surface area (Å²) in [6.45, 7) is 10.9. The van der Waals surface area contributed by atoms with Gasteiger partial charge in [0.1, 0.15) is 0 Å². The zero-order valence-corrected chi connectivity index (χ0v) is 18.3. The molecule has 1 aromatic carbocycles. The summed E-state index contributed by atoms with van der Waals surface area (Å²) in [5.41, 5.74) is 1.88. The molecule has 2 fully saturated rings. The molecule has 1 heterocycles. The van der Waals surface area contributed by atoms with Crippen LogP contribution in [0.25, 0.3) is 10.3 Å². The van der Waals surface area contributed by atoms with E-state index in [0.717, 1.165) is 37.5 Å². The van der Waals surface area contributed by atoms with Gasteiger partial charge in [-0.3, -0.25) is 0 Å². The van der Waals surface area contributed by atoms with Crippen LogP contribution in [0.3, 0.4) is 0 Å². The largest absolute Gasteiger partial charge is 3.00 e. The Labute approximate surface area is 166 Å². The van der Waals surface area contributed by atoms with Gasteiger partial charge < -0.3 is 21.0 Å². The Kier molecular flexibility index (Phi) is 11.0. The number of hydrogen-bond donors (Lipinski definition) is 0. The summed E-state index contributed by atoms with van der Waals surface area (Å²) in [6, 6.07) is 10.2. The van der Waals surface area contributed by atoms with Gasteiger partial charge in [-0.2, -0.15) is 32.0 Å². The monoisotopic (exact) mass is 397 g/mol. The fraction of sp³-hybridized carbons (Fsp3) is 0.650. The van der Waals surface area contributed by atoms with Crippen LogP contribution in [0.5, 0.6) is 0 Å². The van der Waals surface area contributed by atoms with E-state index in [2.05, 4.69) is 37.5 Å². The molecule has 1 aliphatic carbocycles. The van der Waals surface area contributed by atoms with E-state index in [1.807, 2.05) is 18.2 Å². The van der Waals surface area contributed by atoms with Gasteiger partial charge in [0.05, 0.1) is 0 Å². The van der Waals surface area contributed by atoms with Crippen LogP contribution >= 0.6 is 0 Å². The van der Waals surface area contributed by atoms with E-state index >= 15 is 0 Å². The summed E-state index contributed by atoms with van der Waals surface area (Å²) in [7, 11) is -1.44. The van der Waals surface area contributed by atoms with Gasteiger partial charge in [-0.1, -0.05) is 64.5 Å². The standard InChI is InChI=1S/C16H25N2Si.C4H8O.Cr/c1-14-8-7-11-16(14)19(2,3)18-13-12-17-15-9-5-4-6-10-15;1-2-4-5-3-1;/h4-6,9-10,16H,7-8,11-13H2,1-3H3;1-4H2;/q-3;;+3. The predicted octanol–water partition coefficient (Wildman–Crippen LogP) is 6.21. The Morgan fingerprint density at radius 3 is 2.28 bits per heavy atom. The van der Waals surface area contributed by atoms with Crippen LogP contribution in [0.2, 0.25) is 18.6 Å². The summed E-state index contributed by atoms with van der Waals surface area (Å²) in [5, 5.41) is 4.58. The second-order valence-corrected chi connectivity index (χ2v) is 11.7. The van der Waals surface area contributed by atoms with E-state index in [4.69, 9.17) is 9.72 Å². The minimum absolute atomic E-state index is 0. The Morgan fingerprint density at radius 1 is 1.08 bits per heavy atom. The molecule has 0 spiro atoms. The van der Waals surface area contributed by atoms with Crippen LogP contribution < -0.4 is 0 Å². The van der Waals surface area contributed by atoms with Crippen molar-refractivity contribution in [1.82, 2.24) is 0 Å². The number of rotatable bonds is 6.